The van der Waals surface area contributed by atoms with Crippen molar-refractivity contribution in [1.29, 1.82) is 0 Å². The Morgan fingerprint density at radius 2 is 2.05 bits per heavy atom. The average Bonchev–Trinajstić information content (AvgIpc) is 2.42. The van der Waals surface area contributed by atoms with Crippen LogP contribution < -0.4 is 5.73 Å². The molecule has 0 aromatic heterocycles. The second-order valence-corrected chi connectivity index (χ2v) is 5.37. The van der Waals surface area contributed by atoms with Crippen LogP contribution >= 0.6 is 15.9 Å². The molecule has 19 heavy (non-hydrogen) atoms. The topological polar surface area (TPSA) is 49.6 Å². The molecule has 1 fully saturated rings. The fourth-order valence-electron chi connectivity index (χ4n) is 2.12. The molecule has 0 unspecified atom stereocenters. The molecule has 1 aromatic carbocycles. The predicted octanol–water partition coefficient (Wildman–Crippen LogP) is 1.42. The Balaban J connectivity index is 2.05. The number of nitrogen functional groups attached to an aromatic ring is 1. The molecule has 0 saturated carbocycles. The lowest BCUT2D eigenvalue weighted by Gasteiger charge is -2.33. The van der Waals surface area contributed by atoms with Crippen molar-refractivity contribution in [2.45, 2.75) is 0 Å². The molecule has 1 aliphatic heterocycles. The molecule has 1 aromatic rings. The fourth-order valence-corrected chi connectivity index (χ4v) is 2.53. The third-order valence-corrected chi connectivity index (χ3v) is 3.89. The molecule has 2 N–H and O–H groups in total. The molecule has 0 radical (unpaired) electrons. The SMILES string of the molecule is C#CCN1CCN(C(=O)c2cc(N)ccc2Br)CC1. The van der Waals surface area contributed by atoms with Gasteiger partial charge in [0.1, 0.15) is 0 Å². The van der Waals surface area contributed by atoms with Gasteiger partial charge in [-0.3, -0.25) is 9.69 Å². The number of rotatable bonds is 2. The van der Waals surface area contributed by atoms with Crippen molar-refractivity contribution in [3.63, 3.8) is 0 Å². The van der Waals surface area contributed by atoms with Crippen LogP contribution in [-0.4, -0.2) is 48.4 Å². The van der Waals surface area contributed by atoms with Crippen molar-refractivity contribution in [2.24, 2.45) is 0 Å². The maximum absolute atomic E-state index is 12.4. The molecular weight excluding hydrogens is 306 g/mol. The van der Waals surface area contributed by atoms with Gasteiger partial charge >= 0.3 is 0 Å². The number of benzene rings is 1. The quantitative estimate of drug-likeness (QED) is 0.662. The molecule has 0 bridgehead atoms. The van der Waals surface area contributed by atoms with Gasteiger partial charge in [0, 0.05) is 36.3 Å². The van der Waals surface area contributed by atoms with Crippen LogP contribution in [-0.2, 0) is 0 Å². The van der Waals surface area contributed by atoms with Crippen LogP contribution in [0.2, 0.25) is 0 Å². The number of carbonyl (C=O) groups excluding carboxylic acids is 1. The molecule has 1 amide bonds. The fraction of sp³-hybridized carbons (Fsp3) is 0.357. The zero-order chi connectivity index (χ0) is 13.8. The van der Waals surface area contributed by atoms with Crippen molar-refractivity contribution >= 4 is 27.5 Å². The van der Waals surface area contributed by atoms with E-state index in [0.29, 0.717) is 30.9 Å². The Morgan fingerprint density at radius 1 is 1.37 bits per heavy atom. The molecule has 4 nitrogen and oxygen atoms in total. The van der Waals surface area contributed by atoms with Gasteiger partial charge in [0.2, 0.25) is 0 Å². The normalized spacial score (nSPS) is 16.1. The Morgan fingerprint density at radius 3 is 2.68 bits per heavy atom. The molecule has 2 rings (SSSR count). The van der Waals surface area contributed by atoms with Gasteiger partial charge in [-0.25, -0.2) is 0 Å². The molecule has 0 atom stereocenters. The Kier molecular flexibility index (Phi) is 4.46. The summed E-state index contributed by atoms with van der Waals surface area (Å²) in [7, 11) is 0. The van der Waals surface area contributed by atoms with Crippen molar-refractivity contribution in [3.05, 3.63) is 28.2 Å². The number of anilines is 1. The largest absolute Gasteiger partial charge is 0.399 e. The summed E-state index contributed by atoms with van der Waals surface area (Å²) in [5, 5.41) is 0. The first-order valence-electron chi connectivity index (χ1n) is 6.12. The van der Waals surface area contributed by atoms with Gasteiger partial charge in [-0.05, 0) is 34.1 Å². The first-order chi connectivity index (χ1) is 9.11. The van der Waals surface area contributed by atoms with Crippen LogP contribution in [0.3, 0.4) is 0 Å². The van der Waals surface area contributed by atoms with Gasteiger partial charge < -0.3 is 10.6 Å². The van der Waals surface area contributed by atoms with Crippen LogP contribution in [0.5, 0.6) is 0 Å². The van der Waals surface area contributed by atoms with E-state index in [2.05, 4.69) is 26.8 Å². The minimum absolute atomic E-state index is 0.0135. The number of halogens is 1. The smallest absolute Gasteiger partial charge is 0.255 e. The maximum atomic E-state index is 12.4. The molecular formula is C14H16BrN3O. The lowest BCUT2D eigenvalue weighted by Crippen LogP contribution is -2.48. The van der Waals surface area contributed by atoms with Crippen LogP contribution in [0.15, 0.2) is 22.7 Å². The van der Waals surface area contributed by atoms with Crippen molar-refractivity contribution in [1.82, 2.24) is 9.80 Å². The molecule has 5 heteroatoms. The highest BCUT2D eigenvalue weighted by atomic mass is 79.9. The van der Waals surface area contributed by atoms with Crippen LogP contribution in [0, 0.1) is 12.3 Å². The number of hydrogen-bond donors (Lipinski definition) is 1. The summed E-state index contributed by atoms with van der Waals surface area (Å²) in [5.41, 5.74) is 6.95. The molecule has 0 spiro atoms. The standard InChI is InChI=1S/C14H16BrN3O/c1-2-5-17-6-8-18(9-7-17)14(19)12-10-11(16)3-4-13(12)15/h1,3-4,10H,5-9,16H2. The van der Waals surface area contributed by atoms with Crippen LogP contribution in [0.25, 0.3) is 0 Å². The third kappa shape index (κ3) is 3.28. The summed E-state index contributed by atoms with van der Waals surface area (Å²) in [6.45, 7) is 3.67. The predicted molar refractivity (Wildman–Crippen MR) is 79.7 cm³/mol. The van der Waals surface area contributed by atoms with Crippen molar-refractivity contribution < 1.29 is 4.79 Å². The number of nitrogens with zero attached hydrogens (tertiary/aromatic N) is 2. The highest BCUT2D eigenvalue weighted by Gasteiger charge is 2.23. The minimum Gasteiger partial charge on any atom is -0.399 e. The number of piperazine rings is 1. The van der Waals surface area contributed by atoms with E-state index in [1.54, 1.807) is 18.2 Å². The minimum atomic E-state index is 0.0135. The first-order valence-corrected chi connectivity index (χ1v) is 6.91. The van der Waals surface area contributed by atoms with Gasteiger partial charge in [0.05, 0.1) is 12.1 Å². The highest BCUT2D eigenvalue weighted by molar-refractivity contribution is 9.10. The van der Waals surface area contributed by atoms with E-state index in [1.807, 2.05) is 4.90 Å². The average molecular weight is 322 g/mol. The van der Waals surface area contributed by atoms with Gasteiger partial charge in [-0.1, -0.05) is 5.92 Å². The number of amides is 1. The third-order valence-electron chi connectivity index (χ3n) is 3.20. The second-order valence-electron chi connectivity index (χ2n) is 4.51. The molecule has 1 heterocycles. The molecule has 1 aliphatic rings. The van der Waals surface area contributed by atoms with E-state index in [-0.39, 0.29) is 5.91 Å². The van der Waals surface area contributed by atoms with Crippen LogP contribution in [0.4, 0.5) is 5.69 Å². The summed E-state index contributed by atoms with van der Waals surface area (Å²) >= 11 is 3.39. The number of carbonyl (C=O) groups is 1. The summed E-state index contributed by atoms with van der Waals surface area (Å²) in [5.74, 6) is 2.64. The highest BCUT2D eigenvalue weighted by Crippen LogP contribution is 2.21. The van der Waals surface area contributed by atoms with Crippen molar-refractivity contribution in [3.8, 4) is 12.3 Å². The summed E-state index contributed by atoms with van der Waals surface area (Å²) in [4.78, 5) is 16.4. The lowest BCUT2D eigenvalue weighted by atomic mass is 10.1. The summed E-state index contributed by atoms with van der Waals surface area (Å²) < 4.78 is 0.776. The van der Waals surface area contributed by atoms with Gasteiger partial charge in [0.25, 0.3) is 5.91 Å². The molecule has 0 aliphatic carbocycles. The Labute approximate surface area is 121 Å². The number of hydrogen-bond acceptors (Lipinski definition) is 3. The van der Waals surface area contributed by atoms with Crippen molar-refractivity contribution in [2.75, 3.05) is 38.5 Å². The number of terminal acetylenes is 1. The molecule has 1 saturated heterocycles. The summed E-state index contributed by atoms with van der Waals surface area (Å²) in [6, 6.07) is 5.28. The maximum Gasteiger partial charge on any atom is 0.255 e. The lowest BCUT2D eigenvalue weighted by molar-refractivity contribution is 0.0651. The second kappa shape index (κ2) is 6.09. The van der Waals surface area contributed by atoms with Crippen LogP contribution in [0.1, 0.15) is 10.4 Å². The van der Waals surface area contributed by atoms with E-state index >= 15 is 0 Å². The Bertz CT molecular complexity index is 516. The van der Waals surface area contributed by atoms with Gasteiger partial charge in [-0.15, -0.1) is 6.42 Å². The van der Waals surface area contributed by atoms with E-state index < -0.39 is 0 Å². The van der Waals surface area contributed by atoms with E-state index in [4.69, 9.17) is 12.2 Å². The van der Waals surface area contributed by atoms with E-state index in [9.17, 15) is 4.79 Å². The number of nitrogens with two attached hydrogens (primary N) is 1. The zero-order valence-electron chi connectivity index (χ0n) is 10.6. The zero-order valence-corrected chi connectivity index (χ0v) is 12.2. The van der Waals surface area contributed by atoms with Gasteiger partial charge in [0.15, 0.2) is 0 Å². The summed E-state index contributed by atoms with van der Waals surface area (Å²) in [6.07, 6.45) is 5.29. The molecule has 100 valence electrons. The monoisotopic (exact) mass is 321 g/mol. The van der Waals surface area contributed by atoms with E-state index in [1.165, 1.54) is 0 Å². The first kappa shape index (κ1) is 13.9. The van der Waals surface area contributed by atoms with E-state index in [0.717, 1.165) is 17.6 Å². The van der Waals surface area contributed by atoms with Gasteiger partial charge in [-0.2, -0.15) is 0 Å². The Hall–Kier alpha value is -1.51.